The lowest BCUT2D eigenvalue weighted by Gasteiger charge is -2.17. The molecule has 0 unspecified atom stereocenters. The average molecular weight is 406 g/mol. The second-order valence-electron chi connectivity index (χ2n) is 7.38. The van der Waals surface area contributed by atoms with Crippen LogP contribution in [0.5, 0.6) is 0 Å². The van der Waals surface area contributed by atoms with Gasteiger partial charge < -0.3 is 5.32 Å². The van der Waals surface area contributed by atoms with Crippen LogP contribution in [0, 0.1) is 5.92 Å². The van der Waals surface area contributed by atoms with Gasteiger partial charge in [0.05, 0.1) is 11.1 Å². The highest BCUT2D eigenvalue weighted by Gasteiger charge is 2.22. The van der Waals surface area contributed by atoms with Crippen molar-refractivity contribution in [3.63, 3.8) is 0 Å². The van der Waals surface area contributed by atoms with Gasteiger partial charge in [-0.1, -0.05) is 31.7 Å². The van der Waals surface area contributed by atoms with Crippen LogP contribution in [0.3, 0.4) is 0 Å². The molecular weight excluding hydrogens is 378 g/mol. The number of aromatic nitrogens is 2. The third kappa shape index (κ3) is 4.29. The molecule has 3 rings (SSSR count). The van der Waals surface area contributed by atoms with E-state index in [4.69, 9.17) is 4.98 Å². The fourth-order valence-corrected chi connectivity index (χ4v) is 5.33. The Hall–Kier alpha value is -1.60. The Morgan fingerprint density at radius 2 is 2.11 bits per heavy atom. The number of carbonyl (C=O) groups excluding carboxylic acids is 1. The van der Waals surface area contributed by atoms with Crippen molar-refractivity contribution in [1.29, 1.82) is 0 Å². The summed E-state index contributed by atoms with van der Waals surface area (Å²) in [5, 5.41) is 4.37. The first kappa shape index (κ1) is 20.1. The van der Waals surface area contributed by atoms with Crippen molar-refractivity contribution in [3.8, 4) is 0 Å². The molecule has 1 N–H and O–H groups in total. The standard InChI is InChI=1S/C20H27N3O2S2/c1-5-10-23-19(25)17-14-8-6-7-9-15(14)27-18(17)22-20(23)26-11-16(24)21-13(4)12(2)3/h5,12-13H,1,6-11H2,2-4H3,(H,21,24)/t13-/m0/s1. The second kappa shape index (κ2) is 8.61. The Morgan fingerprint density at radius 3 is 2.81 bits per heavy atom. The number of rotatable bonds is 7. The first-order chi connectivity index (χ1) is 12.9. The van der Waals surface area contributed by atoms with Crippen LogP contribution in [-0.4, -0.2) is 27.3 Å². The molecule has 2 aromatic heterocycles. The summed E-state index contributed by atoms with van der Waals surface area (Å²) in [6.45, 7) is 10.3. The number of hydrogen-bond donors (Lipinski definition) is 1. The van der Waals surface area contributed by atoms with E-state index in [0.717, 1.165) is 29.5 Å². The van der Waals surface area contributed by atoms with E-state index < -0.39 is 0 Å². The van der Waals surface area contributed by atoms with Gasteiger partial charge in [-0.05, 0) is 44.1 Å². The van der Waals surface area contributed by atoms with E-state index in [-0.39, 0.29) is 23.3 Å². The predicted octanol–water partition coefficient (Wildman–Crippen LogP) is 3.78. The molecule has 0 saturated carbocycles. The molecule has 0 bridgehead atoms. The Morgan fingerprint density at radius 1 is 1.37 bits per heavy atom. The molecule has 2 aromatic rings. The first-order valence-corrected chi connectivity index (χ1v) is 11.3. The van der Waals surface area contributed by atoms with Gasteiger partial charge in [0.2, 0.25) is 5.91 Å². The Bertz CT molecular complexity index is 914. The van der Waals surface area contributed by atoms with E-state index in [1.54, 1.807) is 22.0 Å². The number of nitrogens with one attached hydrogen (secondary N) is 1. The van der Waals surface area contributed by atoms with Crippen LogP contribution in [0.15, 0.2) is 22.6 Å². The molecule has 0 aromatic carbocycles. The molecule has 1 amide bonds. The van der Waals surface area contributed by atoms with Gasteiger partial charge in [0.1, 0.15) is 4.83 Å². The van der Waals surface area contributed by atoms with Gasteiger partial charge in [0.25, 0.3) is 5.56 Å². The number of hydrogen-bond acceptors (Lipinski definition) is 5. The van der Waals surface area contributed by atoms with Crippen LogP contribution in [-0.2, 0) is 24.2 Å². The number of allylic oxidation sites excluding steroid dienone is 1. The molecule has 1 aliphatic rings. The van der Waals surface area contributed by atoms with Crippen LogP contribution in [0.2, 0.25) is 0 Å². The van der Waals surface area contributed by atoms with Gasteiger partial charge in [0, 0.05) is 17.5 Å². The quantitative estimate of drug-likeness (QED) is 0.433. The Balaban J connectivity index is 1.90. The lowest BCUT2D eigenvalue weighted by molar-refractivity contribution is -0.119. The van der Waals surface area contributed by atoms with Crippen molar-refractivity contribution in [1.82, 2.24) is 14.9 Å². The first-order valence-electron chi connectivity index (χ1n) is 9.50. The smallest absolute Gasteiger partial charge is 0.263 e. The molecule has 0 aliphatic heterocycles. The third-order valence-corrected chi connectivity index (χ3v) is 7.23. The summed E-state index contributed by atoms with van der Waals surface area (Å²) in [5.41, 5.74) is 1.19. The minimum atomic E-state index is -0.0360. The summed E-state index contributed by atoms with van der Waals surface area (Å²) in [4.78, 5) is 32.3. The van der Waals surface area contributed by atoms with Crippen molar-refractivity contribution in [2.75, 3.05) is 5.75 Å². The van der Waals surface area contributed by atoms with Crippen LogP contribution in [0.1, 0.15) is 44.1 Å². The zero-order valence-corrected chi connectivity index (χ0v) is 17.8. The normalized spacial score (nSPS) is 15.0. The molecule has 1 aliphatic carbocycles. The van der Waals surface area contributed by atoms with E-state index in [0.29, 0.717) is 17.6 Å². The largest absolute Gasteiger partial charge is 0.353 e. The molecule has 0 saturated heterocycles. The monoisotopic (exact) mass is 405 g/mol. The van der Waals surface area contributed by atoms with Crippen LogP contribution >= 0.6 is 23.1 Å². The van der Waals surface area contributed by atoms with Gasteiger partial charge in [0.15, 0.2) is 5.16 Å². The molecule has 1 atom stereocenters. The fourth-order valence-electron chi connectivity index (χ4n) is 3.21. The van der Waals surface area contributed by atoms with Gasteiger partial charge in [-0.3, -0.25) is 14.2 Å². The molecule has 0 spiro atoms. The highest BCUT2D eigenvalue weighted by Crippen LogP contribution is 2.34. The number of carbonyl (C=O) groups is 1. The zero-order chi connectivity index (χ0) is 19.6. The van der Waals surface area contributed by atoms with Gasteiger partial charge in [-0.25, -0.2) is 4.98 Å². The zero-order valence-electron chi connectivity index (χ0n) is 16.2. The summed E-state index contributed by atoms with van der Waals surface area (Å²) in [5.74, 6) is 0.591. The number of aryl methyl sites for hydroxylation is 2. The summed E-state index contributed by atoms with van der Waals surface area (Å²) < 4.78 is 1.65. The molecule has 5 nitrogen and oxygen atoms in total. The topological polar surface area (TPSA) is 64.0 Å². The van der Waals surface area contributed by atoms with Crippen LogP contribution in [0.25, 0.3) is 10.2 Å². The Kier molecular flexibility index (Phi) is 6.42. The number of thiophene rings is 1. The van der Waals surface area contributed by atoms with Crippen LogP contribution in [0.4, 0.5) is 0 Å². The van der Waals surface area contributed by atoms with Crippen molar-refractivity contribution >= 4 is 39.2 Å². The lowest BCUT2D eigenvalue weighted by atomic mass is 9.97. The maximum atomic E-state index is 13.2. The number of thioether (sulfide) groups is 1. The minimum Gasteiger partial charge on any atom is -0.353 e. The summed E-state index contributed by atoms with van der Waals surface area (Å²) >= 11 is 2.96. The number of fused-ring (bicyclic) bond motifs is 3. The molecule has 0 radical (unpaired) electrons. The predicted molar refractivity (Wildman–Crippen MR) is 114 cm³/mol. The highest BCUT2D eigenvalue weighted by atomic mass is 32.2. The lowest BCUT2D eigenvalue weighted by Crippen LogP contribution is -2.37. The SMILES string of the molecule is C=CCn1c(SCC(=O)N[C@@H](C)C(C)C)nc2sc3c(c2c1=O)CCCC3. The van der Waals surface area contributed by atoms with Crippen molar-refractivity contribution in [2.24, 2.45) is 5.92 Å². The van der Waals surface area contributed by atoms with E-state index in [1.165, 1.54) is 28.6 Å². The number of amides is 1. The van der Waals surface area contributed by atoms with Gasteiger partial charge in [-0.15, -0.1) is 17.9 Å². The third-order valence-electron chi connectivity index (χ3n) is 5.07. The van der Waals surface area contributed by atoms with Gasteiger partial charge in [-0.2, -0.15) is 0 Å². The van der Waals surface area contributed by atoms with Crippen molar-refractivity contribution in [2.45, 2.75) is 64.2 Å². The average Bonchev–Trinajstić information content (AvgIpc) is 3.01. The molecular formula is C20H27N3O2S2. The second-order valence-corrected chi connectivity index (χ2v) is 9.40. The maximum Gasteiger partial charge on any atom is 0.263 e. The maximum absolute atomic E-state index is 13.2. The molecule has 0 fully saturated rings. The Labute approximate surface area is 168 Å². The van der Waals surface area contributed by atoms with E-state index in [1.807, 2.05) is 6.92 Å². The van der Waals surface area contributed by atoms with E-state index in [9.17, 15) is 9.59 Å². The minimum absolute atomic E-state index is 0.00208. The summed E-state index contributed by atoms with van der Waals surface area (Å²) in [7, 11) is 0. The molecule has 7 heteroatoms. The summed E-state index contributed by atoms with van der Waals surface area (Å²) in [6, 6.07) is 0.118. The molecule has 27 heavy (non-hydrogen) atoms. The molecule has 2 heterocycles. The summed E-state index contributed by atoms with van der Waals surface area (Å²) in [6.07, 6.45) is 6.01. The van der Waals surface area contributed by atoms with E-state index in [2.05, 4.69) is 25.7 Å². The van der Waals surface area contributed by atoms with E-state index >= 15 is 0 Å². The van der Waals surface area contributed by atoms with Crippen LogP contribution < -0.4 is 10.9 Å². The fraction of sp³-hybridized carbons (Fsp3) is 0.550. The van der Waals surface area contributed by atoms with Crippen molar-refractivity contribution < 1.29 is 4.79 Å². The number of nitrogens with zero attached hydrogens (tertiary/aromatic N) is 2. The van der Waals surface area contributed by atoms with Crippen molar-refractivity contribution in [3.05, 3.63) is 33.4 Å². The molecule has 146 valence electrons. The van der Waals surface area contributed by atoms with Gasteiger partial charge >= 0.3 is 0 Å². The highest BCUT2D eigenvalue weighted by molar-refractivity contribution is 7.99.